The van der Waals surface area contributed by atoms with Gasteiger partial charge in [0.2, 0.25) is 0 Å². The molecule has 1 aliphatic rings. The summed E-state index contributed by atoms with van der Waals surface area (Å²) < 4.78 is 7.72. The maximum Gasteiger partial charge on any atom is 0.0900 e. The highest BCUT2D eigenvalue weighted by molar-refractivity contribution is 6.31. The average Bonchev–Trinajstić information content (AvgIpc) is 2.99. The predicted molar refractivity (Wildman–Crippen MR) is 73.0 cm³/mol. The second-order valence-electron chi connectivity index (χ2n) is 4.69. The number of ether oxygens (including phenoxy) is 1. The first kappa shape index (κ1) is 13.8. The van der Waals surface area contributed by atoms with Gasteiger partial charge < -0.3 is 10.1 Å². The monoisotopic (exact) mass is 271 g/mol. The highest BCUT2D eigenvalue weighted by atomic mass is 35.5. The molecule has 0 aromatic carbocycles. The largest absolute Gasteiger partial charge is 0.373 e. The number of hydrogen-bond donors (Lipinski definition) is 1. The summed E-state index contributed by atoms with van der Waals surface area (Å²) in [7, 11) is 0. The molecule has 0 radical (unpaired) electrons. The van der Waals surface area contributed by atoms with Crippen molar-refractivity contribution in [3.63, 3.8) is 0 Å². The first-order valence-electron chi connectivity index (χ1n) is 6.81. The van der Waals surface area contributed by atoms with E-state index in [1.54, 1.807) is 0 Å². The molecule has 0 spiro atoms. The first-order chi connectivity index (χ1) is 8.76. The zero-order valence-corrected chi connectivity index (χ0v) is 12.0. The van der Waals surface area contributed by atoms with Crippen molar-refractivity contribution in [2.45, 2.75) is 52.3 Å². The number of aryl methyl sites for hydroxylation is 2. The normalized spacial score (nSPS) is 19.6. The molecule has 1 saturated heterocycles. The van der Waals surface area contributed by atoms with E-state index in [2.05, 4.69) is 24.3 Å². The van der Waals surface area contributed by atoms with Crippen LogP contribution >= 0.6 is 11.6 Å². The van der Waals surface area contributed by atoms with E-state index in [1.807, 2.05) is 4.68 Å². The molecule has 1 aromatic rings. The van der Waals surface area contributed by atoms with Crippen LogP contribution in [0.25, 0.3) is 0 Å². The van der Waals surface area contributed by atoms with Crippen LogP contribution in [0.4, 0.5) is 0 Å². The maximum atomic E-state index is 6.32. The van der Waals surface area contributed by atoms with Gasteiger partial charge in [-0.15, -0.1) is 0 Å². The Bertz CT molecular complexity index is 386. The SMILES string of the molecule is CCc1nn(CC)c(COCC2CCCN2)c1Cl. The Morgan fingerprint density at radius 1 is 1.50 bits per heavy atom. The summed E-state index contributed by atoms with van der Waals surface area (Å²) in [6.07, 6.45) is 3.33. The fraction of sp³-hybridized carbons (Fsp3) is 0.769. The smallest absolute Gasteiger partial charge is 0.0900 e. The molecule has 4 nitrogen and oxygen atoms in total. The number of rotatable bonds is 6. The first-order valence-corrected chi connectivity index (χ1v) is 7.19. The topological polar surface area (TPSA) is 39.1 Å². The predicted octanol–water partition coefficient (Wildman–Crippen LogP) is 2.39. The number of nitrogens with one attached hydrogen (secondary N) is 1. The van der Waals surface area contributed by atoms with Gasteiger partial charge in [-0.2, -0.15) is 5.10 Å². The van der Waals surface area contributed by atoms with Gasteiger partial charge in [0.05, 0.1) is 29.6 Å². The van der Waals surface area contributed by atoms with Crippen LogP contribution in [-0.2, 0) is 24.3 Å². The highest BCUT2D eigenvalue weighted by Crippen LogP contribution is 2.22. The van der Waals surface area contributed by atoms with Crippen molar-refractivity contribution >= 4 is 11.6 Å². The van der Waals surface area contributed by atoms with Gasteiger partial charge in [0.25, 0.3) is 0 Å². The Kier molecular flexibility index (Phi) is 5.03. The zero-order valence-electron chi connectivity index (χ0n) is 11.2. The van der Waals surface area contributed by atoms with Gasteiger partial charge >= 0.3 is 0 Å². The van der Waals surface area contributed by atoms with Gasteiger partial charge in [-0.3, -0.25) is 4.68 Å². The Balaban J connectivity index is 1.92. The van der Waals surface area contributed by atoms with E-state index in [1.165, 1.54) is 12.8 Å². The van der Waals surface area contributed by atoms with Gasteiger partial charge in [-0.05, 0) is 32.7 Å². The lowest BCUT2D eigenvalue weighted by molar-refractivity contribution is 0.0982. The van der Waals surface area contributed by atoms with Gasteiger partial charge in [0.1, 0.15) is 0 Å². The minimum Gasteiger partial charge on any atom is -0.373 e. The van der Waals surface area contributed by atoms with Crippen LogP contribution < -0.4 is 5.32 Å². The molecule has 0 bridgehead atoms. The number of hydrogen-bond acceptors (Lipinski definition) is 3. The molecule has 102 valence electrons. The van der Waals surface area contributed by atoms with Gasteiger partial charge in [0, 0.05) is 12.6 Å². The van der Waals surface area contributed by atoms with Crippen LogP contribution in [0.1, 0.15) is 38.1 Å². The summed E-state index contributed by atoms with van der Waals surface area (Å²) in [5.41, 5.74) is 1.98. The zero-order chi connectivity index (χ0) is 13.0. The van der Waals surface area contributed by atoms with Gasteiger partial charge in [-0.1, -0.05) is 18.5 Å². The third-order valence-corrected chi connectivity index (χ3v) is 3.85. The summed E-state index contributed by atoms with van der Waals surface area (Å²) in [5.74, 6) is 0. The molecular formula is C13H22ClN3O. The Morgan fingerprint density at radius 3 is 2.94 bits per heavy atom. The van der Waals surface area contributed by atoms with Crippen LogP contribution in [-0.4, -0.2) is 29.0 Å². The van der Waals surface area contributed by atoms with Crippen LogP contribution in [0, 0.1) is 0 Å². The van der Waals surface area contributed by atoms with E-state index in [0.29, 0.717) is 12.6 Å². The molecule has 18 heavy (non-hydrogen) atoms. The third kappa shape index (κ3) is 3.05. The fourth-order valence-electron chi connectivity index (χ4n) is 2.35. The molecule has 2 heterocycles. The standard InChI is InChI=1S/C13H22ClN3O/c1-3-11-13(14)12(17(4-2)16-11)9-18-8-10-6-5-7-15-10/h10,15H,3-9H2,1-2H3. The Labute approximate surface area is 114 Å². The minimum atomic E-state index is 0.507. The van der Waals surface area contributed by atoms with E-state index in [9.17, 15) is 0 Å². The lowest BCUT2D eigenvalue weighted by Crippen LogP contribution is -2.26. The highest BCUT2D eigenvalue weighted by Gasteiger charge is 2.17. The summed E-state index contributed by atoms with van der Waals surface area (Å²) in [4.78, 5) is 0. The number of halogens is 1. The lowest BCUT2D eigenvalue weighted by Gasteiger charge is -2.11. The summed E-state index contributed by atoms with van der Waals surface area (Å²) in [6.45, 7) is 7.40. The number of nitrogens with zero attached hydrogens (tertiary/aromatic N) is 2. The van der Waals surface area contributed by atoms with Crippen molar-refractivity contribution in [1.29, 1.82) is 0 Å². The third-order valence-electron chi connectivity index (χ3n) is 3.41. The summed E-state index contributed by atoms with van der Waals surface area (Å²) in [6, 6.07) is 0.507. The molecule has 1 fully saturated rings. The average molecular weight is 272 g/mol. The molecular weight excluding hydrogens is 250 g/mol. The van der Waals surface area contributed by atoms with Crippen molar-refractivity contribution in [2.75, 3.05) is 13.2 Å². The van der Waals surface area contributed by atoms with Crippen LogP contribution in [0.15, 0.2) is 0 Å². The summed E-state index contributed by atoms with van der Waals surface area (Å²) in [5, 5.41) is 8.68. The lowest BCUT2D eigenvalue weighted by atomic mass is 10.2. The van der Waals surface area contributed by atoms with Crippen LogP contribution in [0.2, 0.25) is 5.02 Å². The molecule has 1 atom stereocenters. The Morgan fingerprint density at radius 2 is 2.33 bits per heavy atom. The number of aromatic nitrogens is 2. The molecule has 2 rings (SSSR count). The van der Waals surface area contributed by atoms with Crippen molar-refractivity contribution in [1.82, 2.24) is 15.1 Å². The van der Waals surface area contributed by atoms with E-state index in [4.69, 9.17) is 16.3 Å². The van der Waals surface area contributed by atoms with Gasteiger partial charge in [-0.25, -0.2) is 0 Å². The molecule has 0 aliphatic carbocycles. The van der Waals surface area contributed by atoms with Crippen molar-refractivity contribution in [2.24, 2.45) is 0 Å². The van der Waals surface area contributed by atoms with E-state index < -0.39 is 0 Å². The maximum absolute atomic E-state index is 6.32. The Hall–Kier alpha value is -0.580. The van der Waals surface area contributed by atoms with Crippen molar-refractivity contribution < 1.29 is 4.74 Å². The van der Waals surface area contributed by atoms with E-state index >= 15 is 0 Å². The molecule has 5 heteroatoms. The second-order valence-corrected chi connectivity index (χ2v) is 5.06. The fourth-order valence-corrected chi connectivity index (χ4v) is 2.68. The van der Waals surface area contributed by atoms with Crippen molar-refractivity contribution in [3.05, 3.63) is 16.4 Å². The molecule has 0 amide bonds. The quantitative estimate of drug-likeness (QED) is 0.864. The molecule has 1 unspecified atom stereocenters. The second kappa shape index (κ2) is 6.55. The van der Waals surface area contributed by atoms with Crippen LogP contribution in [0.3, 0.4) is 0 Å². The minimum absolute atomic E-state index is 0.507. The van der Waals surface area contributed by atoms with Crippen LogP contribution in [0.5, 0.6) is 0 Å². The molecule has 1 aliphatic heterocycles. The van der Waals surface area contributed by atoms with E-state index in [-0.39, 0.29) is 0 Å². The molecule has 1 aromatic heterocycles. The van der Waals surface area contributed by atoms with Gasteiger partial charge in [0.15, 0.2) is 0 Å². The van der Waals surface area contributed by atoms with E-state index in [0.717, 1.165) is 42.5 Å². The molecule has 0 saturated carbocycles. The molecule has 1 N–H and O–H groups in total. The van der Waals surface area contributed by atoms with Crippen molar-refractivity contribution in [3.8, 4) is 0 Å². The summed E-state index contributed by atoms with van der Waals surface area (Å²) >= 11 is 6.32.